The molecule has 0 aliphatic heterocycles. The van der Waals surface area contributed by atoms with Crippen molar-refractivity contribution in [3.8, 4) is 0 Å². The zero-order valence-electron chi connectivity index (χ0n) is 10.1. The lowest BCUT2D eigenvalue weighted by molar-refractivity contribution is 0.0696. The number of hydrogen-bond acceptors (Lipinski definition) is 5. The minimum atomic E-state index is -1.24. The van der Waals surface area contributed by atoms with Gasteiger partial charge in [0.05, 0.1) is 11.3 Å². The van der Waals surface area contributed by atoms with Crippen LogP contribution in [0.3, 0.4) is 0 Å². The maximum Gasteiger partial charge on any atom is 0.335 e. The number of amides is 1. The van der Waals surface area contributed by atoms with Crippen LogP contribution < -0.4 is 11.1 Å². The third kappa shape index (κ3) is 2.98. The molecule has 0 aliphatic carbocycles. The van der Waals surface area contributed by atoms with Gasteiger partial charge in [0.1, 0.15) is 16.5 Å². The van der Waals surface area contributed by atoms with Gasteiger partial charge in [0.15, 0.2) is 0 Å². The van der Waals surface area contributed by atoms with E-state index in [4.69, 9.17) is 10.8 Å². The number of nitrogens with zero attached hydrogens (tertiary/aromatic N) is 1. The monoisotopic (exact) mass is 295 g/mol. The van der Waals surface area contributed by atoms with Crippen LogP contribution in [-0.2, 0) is 6.54 Å². The highest BCUT2D eigenvalue weighted by Crippen LogP contribution is 2.17. The van der Waals surface area contributed by atoms with Crippen molar-refractivity contribution in [2.45, 2.75) is 6.54 Å². The fourth-order valence-corrected chi connectivity index (χ4v) is 2.10. The van der Waals surface area contributed by atoms with E-state index in [9.17, 15) is 14.0 Å². The van der Waals surface area contributed by atoms with E-state index in [1.165, 1.54) is 28.8 Å². The van der Waals surface area contributed by atoms with Crippen LogP contribution in [-0.4, -0.2) is 22.0 Å². The van der Waals surface area contributed by atoms with Crippen molar-refractivity contribution in [1.29, 1.82) is 0 Å². The molecule has 0 radical (unpaired) electrons. The summed E-state index contributed by atoms with van der Waals surface area (Å²) < 4.78 is 13.6. The number of aromatic carboxylic acids is 1. The number of carboxylic acids is 1. The Hall–Kier alpha value is -2.32. The molecule has 0 spiro atoms. The first-order valence-corrected chi connectivity index (χ1v) is 6.38. The van der Waals surface area contributed by atoms with Crippen LogP contribution >= 0.6 is 11.3 Å². The Labute approximate surface area is 117 Å². The predicted octanol–water partition coefficient (Wildman–Crippen LogP) is 1.69. The van der Waals surface area contributed by atoms with Crippen LogP contribution in [0.2, 0.25) is 0 Å². The van der Waals surface area contributed by atoms with Crippen LogP contribution in [0.15, 0.2) is 23.6 Å². The fraction of sp³-hybridized carbons (Fsp3) is 0.0833. The highest BCUT2D eigenvalue weighted by molar-refractivity contribution is 7.09. The van der Waals surface area contributed by atoms with E-state index in [0.717, 1.165) is 6.07 Å². The van der Waals surface area contributed by atoms with E-state index in [1.807, 2.05) is 0 Å². The molecule has 1 aromatic carbocycles. The Balaban J connectivity index is 2.17. The Morgan fingerprint density at radius 2 is 2.20 bits per heavy atom. The summed E-state index contributed by atoms with van der Waals surface area (Å²) in [5.74, 6) is -2.65. The lowest BCUT2D eigenvalue weighted by Gasteiger charge is -2.05. The molecule has 1 amide bonds. The number of benzene rings is 1. The van der Waals surface area contributed by atoms with Gasteiger partial charge >= 0.3 is 5.97 Å². The minimum absolute atomic E-state index is 0.109. The van der Waals surface area contributed by atoms with E-state index < -0.39 is 17.7 Å². The summed E-state index contributed by atoms with van der Waals surface area (Å²) in [5.41, 5.74) is 5.22. The molecule has 0 saturated carbocycles. The standard InChI is InChI=1S/C12H10FN3O3S/c13-7-3-6(12(18)19)1-2-8(7)16-11(17)9-5-20-10(4-14)15-9/h1-3,5H,4,14H2,(H,16,17)(H,18,19). The second kappa shape index (κ2) is 5.76. The average molecular weight is 295 g/mol. The lowest BCUT2D eigenvalue weighted by atomic mass is 10.2. The van der Waals surface area contributed by atoms with Crippen LogP contribution in [0.25, 0.3) is 0 Å². The van der Waals surface area contributed by atoms with Gasteiger partial charge in [-0.3, -0.25) is 4.79 Å². The molecule has 2 rings (SSSR count). The molecule has 4 N–H and O–H groups in total. The number of rotatable bonds is 4. The van der Waals surface area contributed by atoms with Gasteiger partial charge in [0.25, 0.3) is 5.91 Å². The van der Waals surface area contributed by atoms with Crippen molar-refractivity contribution in [3.05, 3.63) is 45.7 Å². The fourth-order valence-electron chi connectivity index (χ4n) is 1.44. The van der Waals surface area contributed by atoms with Crippen molar-refractivity contribution in [2.24, 2.45) is 5.73 Å². The number of carbonyl (C=O) groups is 2. The van der Waals surface area contributed by atoms with Gasteiger partial charge in [-0.05, 0) is 18.2 Å². The SMILES string of the molecule is NCc1nc(C(=O)Nc2ccc(C(=O)O)cc2F)cs1. The van der Waals surface area contributed by atoms with E-state index in [2.05, 4.69) is 10.3 Å². The quantitative estimate of drug-likeness (QED) is 0.796. The summed E-state index contributed by atoms with van der Waals surface area (Å²) in [5, 5.41) is 13.2. The lowest BCUT2D eigenvalue weighted by Crippen LogP contribution is -2.14. The number of hydrogen-bond donors (Lipinski definition) is 3. The second-order valence-electron chi connectivity index (χ2n) is 3.78. The van der Waals surface area contributed by atoms with Crippen molar-refractivity contribution in [3.63, 3.8) is 0 Å². The zero-order chi connectivity index (χ0) is 14.7. The number of thiazole rings is 1. The Morgan fingerprint density at radius 3 is 2.75 bits per heavy atom. The number of anilines is 1. The van der Waals surface area contributed by atoms with Gasteiger partial charge < -0.3 is 16.2 Å². The maximum atomic E-state index is 13.6. The minimum Gasteiger partial charge on any atom is -0.478 e. The van der Waals surface area contributed by atoms with Gasteiger partial charge in [-0.15, -0.1) is 11.3 Å². The molecule has 0 unspecified atom stereocenters. The maximum absolute atomic E-state index is 13.6. The molecule has 1 aromatic heterocycles. The van der Waals surface area contributed by atoms with Crippen LogP contribution in [0, 0.1) is 5.82 Å². The van der Waals surface area contributed by atoms with Crippen LogP contribution in [0.1, 0.15) is 25.9 Å². The highest BCUT2D eigenvalue weighted by atomic mass is 32.1. The van der Waals surface area contributed by atoms with E-state index in [1.54, 1.807) is 0 Å². The first kappa shape index (κ1) is 14.1. The zero-order valence-corrected chi connectivity index (χ0v) is 10.9. The van der Waals surface area contributed by atoms with E-state index in [-0.39, 0.29) is 23.5 Å². The van der Waals surface area contributed by atoms with Crippen molar-refractivity contribution < 1.29 is 19.1 Å². The summed E-state index contributed by atoms with van der Waals surface area (Å²) in [6.07, 6.45) is 0. The molecule has 0 fully saturated rings. The number of carbonyl (C=O) groups excluding carboxylic acids is 1. The molecule has 2 aromatic rings. The predicted molar refractivity (Wildman–Crippen MR) is 71.3 cm³/mol. The molecule has 1 heterocycles. The topological polar surface area (TPSA) is 105 Å². The van der Waals surface area contributed by atoms with Gasteiger partial charge in [-0.25, -0.2) is 14.2 Å². The molecular weight excluding hydrogens is 285 g/mol. The van der Waals surface area contributed by atoms with Crippen molar-refractivity contribution in [1.82, 2.24) is 4.98 Å². The van der Waals surface area contributed by atoms with E-state index >= 15 is 0 Å². The average Bonchev–Trinajstić information content (AvgIpc) is 2.89. The second-order valence-corrected chi connectivity index (χ2v) is 4.73. The summed E-state index contributed by atoms with van der Waals surface area (Å²) in [7, 11) is 0. The highest BCUT2D eigenvalue weighted by Gasteiger charge is 2.14. The summed E-state index contributed by atoms with van der Waals surface area (Å²) in [4.78, 5) is 26.5. The Kier molecular flexibility index (Phi) is 4.06. The summed E-state index contributed by atoms with van der Waals surface area (Å²) >= 11 is 1.23. The molecule has 0 aliphatic rings. The molecule has 20 heavy (non-hydrogen) atoms. The van der Waals surface area contributed by atoms with Gasteiger partial charge in [-0.1, -0.05) is 0 Å². The first-order chi connectivity index (χ1) is 9.51. The number of aromatic nitrogens is 1. The van der Waals surface area contributed by atoms with Gasteiger partial charge in [0.2, 0.25) is 0 Å². The van der Waals surface area contributed by atoms with Crippen molar-refractivity contribution in [2.75, 3.05) is 5.32 Å². The molecular formula is C12H10FN3O3S. The van der Waals surface area contributed by atoms with Crippen LogP contribution in [0.5, 0.6) is 0 Å². The molecule has 6 nitrogen and oxygen atoms in total. The van der Waals surface area contributed by atoms with Gasteiger partial charge in [0, 0.05) is 11.9 Å². The molecule has 0 atom stereocenters. The largest absolute Gasteiger partial charge is 0.478 e. The van der Waals surface area contributed by atoms with Gasteiger partial charge in [-0.2, -0.15) is 0 Å². The molecule has 8 heteroatoms. The Bertz CT molecular complexity index is 672. The Morgan fingerprint density at radius 1 is 1.45 bits per heavy atom. The smallest absolute Gasteiger partial charge is 0.335 e. The third-order valence-corrected chi connectivity index (χ3v) is 3.29. The number of halogens is 1. The normalized spacial score (nSPS) is 10.3. The summed E-state index contributed by atoms with van der Waals surface area (Å²) in [6, 6.07) is 3.23. The number of carboxylic acid groups (broad SMARTS) is 1. The number of nitrogens with two attached hydrogens (primary N) is 1. The molecule has 0 saturated heterocycles. The molecule has 0 bridgehead atoms. The summed E-state index contributed by atoms with van der Waals surface area (Å²) in [6.45, 7) is 0.222. The molecule has 104 valence electrons. The first-order valence-electron chi connectivity index (χ1n) is 5.50. The van der Waals surface area contributed by atoms with Crippen molar-refractivity contribution >= 4 is 28.9 Å². The number of nitrogens with one attached hydrogen (secondary N) is 1. The van der Waals surface area contributed by atoms with Crippen LogP contribution in [0.4, 0.5) is 10.1 Å². The third-order valence-electron chi connectivity index (χ3n) is 2.42. The van der Waals surface area contributed by atoms with E-state index in [0.29, 0.717) is 5.01 Å².